The highest BCUT2D eigenvalue weighted by Crippen LogP contribution is 2.26. The van der Waals surface area contributed by atoms with Gasteiger partial charge in [0.15, 0.2) is 5.75 Å². The van der Waals surface area contributed by atoms with Crippen molar-refractivity contribution in [1.29, 1.82) is 0 Å². The third kappa shape index (κ3) is 1.60. The minimum atomic E-state index is -0.943. The van der Waals surface area contributed by atoms with Gasteiger partial charge in [0, 0.05) is 13.7 Å². The molecule has 1 unspecified atom stereocenters. The van der Waals surface area contributed by atoms with Crippen LogP contribution in [0.3, 0.4) is 0 Å². The van der Waals surface area contributed by atoms with E-state index in [0.717, 1.165) is 0 Å². The summed E-state index contributed by atoms with van der Waals surface area (Å²) in [5.41, 5.74) is 5.47. The predicted octanol–water partition coefficient (Wildman–Crippen LogP) is -0.271. The average Bonchev–Trinajstić information content (AvgIpc) is 2.85. The molecule has 6 heteroatoms. The van der Waals surface area contributed by atoms with E-state index in [2.05, 4.69) is 5.10 Å². The van der Waals surface area contributed by atoms with Crippen molar-refractivity contribution in [1.82, 2.24) is 9.78 Å². The van der Waals surface area contributed by atoms with Gasteiger partial charge in [-0.1, -0.05) is 0 Å². The average molecular weight is 225 g/mol. The largest absolute Gasteiger partial charge is 0.493 e. The number of carbonyl (C=O) groups is 1. The fourth-order valence-corrected chi connectivity index (χ4v) is 1.82. The van der Waals surface area contributed by atoms with E-state index in [1.54, 1.807) is 7.05 Å². The zero-order valence-electron chi connectivity index (χ0n) is 9.40. The minimum absolute atomic E-state index is 0.179. The van der Waals surface area contributed by atoms with Crippen LogP contribution in [0.25, 0.3) is 0 Å². The van der Waals surface area contributed by atoms with Crippen LogP contribution in [0.2, 0.25) is 0 Å². The van der Waals surface area contributed by atoms with Crippen LogP contribution in [0.15, 0.2) is 6.20 Å². The molecular weight excluding hydrogens is 210 g/mol. The van der Waals surface area contributed by atoms with Crippen LogP contribution < -0.4 is 10.5 Å². The van der Waals surface area contributed by atoms with E-state index in [4.69, 9.17) is 15.2 Å². The zero-order chi connectivity index (χ0) is 11.8. The second-order valence-corrected chi connectivity index (χ2v) is 3.97. The maximum Gasteiger partial charge on any atom is 0.206 e. The Kier molecular flexibility index (Phi) is 2.69. The van der Waals surface area contributed by atoms with Crippen molar-refractivity contribution in [2.24, 2.45) is 12.8 Å². The van der Waals surface area contributed by atoms with Gasteiger partial charge in [0.05, 0.1) is 19.9 Å². The van der Waals surface area contributed by atoms with Crippen LogP contribution in [0, 0.1) is 0 Å². The monoisotopic (exact) mass is 225 g/mol. The van der Waals surface area contributed by atoms with Crippen molar-refractivity contribution in [3.8, 4) is 5.75 Å². The third-order valence-corrected chi connectivity index (χ3v) is 2.84. The Morgan fingerprint density at radius 1 is 1.75 bits per heavy atom. The summed E-state index contributed by atoms with van der Waals surface area (Å²) in [5.74, 6) is 0.270. The van der Waals surface area contributed by atoms with Crippen molar-refractivity contribution >= 4 is 5.78 Å². The summed E-state index contributed by atoms with van der Waals surface area (Å²) in [6.07, 6.45) is 2.03. The summed E-state index contributed by atoms with van der Waals surface area (Å²) in [7, 11) is 3.19. The van der Waals surface area contributed by atoms with Crippen molar-refractivity contribution < 1.29 is 14.3 Å². The van der Waals surface area contributed by atoms with E-state index in [0.29, 0.717) is 24.5 Å². The lowest BCUT2D eigenvalue weighted by Gasteiger charge is -2.20. The van der Waals surface area contributed by atoms with Gasteiger partial charge >= 0.3 is 0 Å². The minimum Gasteiger partial charge on any atom is -0.493 e. The number of Topliss-reactive ketones (excluding diaryl/α,β-unsaturated/α-hetero) is 1. The SMILES string of the molecule is COc1cnn(C)c1C(=O)C1(N)CCOC1. The topological polar surface area (TPSA) is 79.4 Å². The molecule has 1 aromatic rings. The van der Waals surface area contributed by atoms with Crippen LogP contribution in [-0.2, 0) is 11.8 Å². The molecule has 0 saturated carbocycles. The number of hydrogen-bond donors (Lipinski definition) is 1. The highest BCUT2D eigenvalue weighted by atomic mass is 16.5. The second kappa shape index (κ2) is 3.88. The Hall–Kier alpha value is -1.40. The molecule has 2 heterocycles. The molecule has 0 spiro atoms. The van der Waals surface area contributed by atoms with Gasteiger partial charge in [-0.15, -0.1) is 0 Å². The fourth-order valence-electron chi connectivity index (χ4n) is 1.82. The van der Waals surface area contributed by atoms with Gasteiger partial charge in [-0.2, -0.15) is 5.10 Å². The van der Waals surface area contributed by atoms with Gasteiger partial charge in [0.25, 0.3) is 0 Å². The highest BCUT2D eigenvalue weighted by Gasteiger charge is 2.41. The standard InChI is InChI=1S/C10H15N3O3/c1-13-8(7(15-2)5-12-13)9(14)10(11)3-4-16-6-10/h5H,3-4,6,11H2,1-2H3. The number of methoxy groups -OCH3 is 1. The maximum absolute atomic E-state index is 12.3. The van der Waals surface area contributed by atoms with Crippen LogP contribution in [0.4, 0.5) is 0 Å². The number of ketones is 1. The van der Waals surface area contributed by atoms with Crippen LogP contribution in [-0.4, -0.2) is 41.4 Å². The van der Waals surface area contributed by atoms with E-state index in [1.165, 1.54) is 18.0 Å². The van der Waals surface area contributed by atoms with Gasteiger partial charge in [0.2, 0.25) is 5.78 Å². The number of nitrogens with zero attached hydrogens (tertiary/aromatic N) is 2. The third-order valence-electron chi connectivity index (χ3n) is 2.84. The molecule has 0 amide bonds. The first kappa shape index (κ1) is 11.1. The van der Waals surface area contributed by atoms with E-state index in [1.807, 2.05) is 0 Å². The highest BCUT2D eigenvalue weighted by molar-refractivity contribution is 6.04. The number of aromatic nitrogens is 2. The van der Waals surface area contributed by atoms with Crippen LogP contribution >= 0.6 is 0 Å². The summed E-state index contributed by atoms with van der Waals surface area (Å²) >= 11 is 0. The summed E-state index contributed by atoms with van der Waals surface area (Å²) in [6, 6.07) is 0. The molecule has 6 nitrogen and oxygen atoms in total. The number of aryl methyl sites for hydroxylation is 1. The molecular formula is C10H15N3O3. The second-order valence-electron chi connectivity index (χ2n) is 3.97. The summed E-state index contributed by atoms with van der Waals surface area (Å²) in [6.45, 7) is 0.766. The Morgan fingerprint density at radius 3 is 3.06 bits per heavy atom. The first-order valence-corrected chi connectivity index (χ1v) is 5.06. The van der Waals surface area contributed by atoms with Crippen LogP contribution in [0.5, 0.6) is 5.75 Å². The fraction of sp³-hybridized carbons (Fsp3) is 0.600. The molecule has 0 aromatic carbocycles. The summed E-state index contributed by atoms with van der Waals surface area (Å²) in [5, 5.41) is 3.99. The lowest BCUT2D eigenvalue weighted by atomic mass is 9.92. The number of hydrogen-bond acceptors (Lipinski definition) is 5. The normalized spacial score (nSPS) is 24.7. The molecule has 0 radical (unpaired) electrons. The first-order valence-electron chi connectivity index (χ1n) is 5.06. The maximum atomic E-state index is 12.3. The van der Waals surface area contributed by atoms with E-state index < -0.39 is 5.54 Å². The first-order chi connectivity index (χ1) is 7.58. The van der Waals surface area contributed by atoms with Gasteiger partial charge < -0.3 is 15.2 Å². The molecule has 1 aliphatic heterocycles. The zero-order valence-corrected chi connectivity index (χ0v) is 9.40. The molecule has 1 aliphatic rings. The van der Waals surface area contributed by atoms with E-state index in [9.17, 15) is 4.79 Å². The quantitative estimate of drug-likeness (QED) is 0.716. The molecule has 1 fully saturated rings. The Labute approximate surface area is 93.3 Å². The molecule has 88 valence electrons. The summed E-state index contributed by atoms with van der Waals surface area (Å²) < 4.78 is 11.7. The number of rotatable bonds is 3. The Bertz CT molecular complexity index is 407. The van der Waals surface area contributed by atoms with E-state index in [-0.39, 0.29) is 12.4 Å². The molecule has 0 bridgehead atoms. The van der Waals surface area contributed by atoms with E-state index >= 15 is 0 Å². The molecule has 1 aromatic heterocycles. The molecule has 2 N–H and O–H groups in total. The smallest absolute Gasteiger partial charge is 0.206 e. The van der Waals surface area contributed by atoms with Crippen molar-refractivity contribution in [2.45, 2.75) is 12.0 Å². The molecule has 2 rings (SSSR count). The lowest BCUT2D eigenvalue weighted by molar-refractivity contribution is 0.0850. The molecule has 0 aliphatic carbocycles. The Morgan fingerprint density at radius 2 is 2.50 bits per heavy atom. The molecule has 16 heavy (non-hydrogen) atoms. The number of ether oxygens (including phenoxy) is 2. The Balaban J connectivity index is 2.36. The number of nitrogens with two attached hydrogens (primary N) is 1. The van der Waals surface area contributed by atoms with Gasteiger partial charge in [-0.3, -0.25) is 9.48 Å². The van der Waals surface area contributed by atoms with Crippen molar-refractivity contribution in [3.05, 3.63) is 11.9 Å². The summed E-state index contributed by atoms with van der Waals surface area (Å²) in [4.78, 5) is 12.3. The lowest BCUT2D eigenvalue weighted by Crippen LogP contribution is -2.49. The molecule has 1 atom stereocenters. The van der Waals surface area contributed by atoms with Gasteiger partial charge in [0.1, 0.15) is 11.2 Å². The van der Waals surface area contributed by atoms with Gasteiger partial charge in [-0.05, 0) is 6.42 Å². The van der Waals surface area contributed by atoms with Crippen molar-refractivity contribution in [2.75, 3.05) is 20.3 Å². The predicted molar refractivity (Wildman–Crippen MR) is 56.4 cm³/mol. The van der Waals surface area contributed by atoms with Gasteiger partial charge in [-0.25, -0.2) is 0 Å². The van der Waals surface area contributed by atoms with Crippen LogP contribution in [0.1, 0.15) is 16.9 Å². The molecule has 1 saturated heterocycles. The van der Waals surface area contributed by atoms with Crippen molar-refractivity contribution in [3.63, 3.8) is 0 Å². The number of carbonyl (C=O) groups excluding carboxylic acids is 1.